The summed E-state index contributed by atoms with van der Waals surface area (Å²) in [6.07, 6.45) is 0.552. The highest BCUT2D eigenvalue weighted by Gasteiger charge is 2.15. The van der Waals surface area contributed by atoms with Crippen LogP contribution >= 0.6 is 11.6 Å². The molecule has 132 valence electrons. The molecule has 2 aromatic rings. The van der Waals surface area contributed by atoms with Gasteiger partial charge in [0.1, 0.15) is 5.75 Å². The van der Waals surface area contributed by atoms with Crippen LogP contribution in [0.1, 0.15) is 19.4 Å². The Morgan fingerprint density at radius 2 is 1.84 bits per heavy atom. The number of anilines is 1. The normalized spacial score (nSPS) is 10.4. The van der Waals surface area contributed by atoms with Gasteiger partial charge in [-0.3, -0.25) is 9.59 Å². The van der Waals surface area contributed by atoms with E-state index in [2.05, 4.69) is 10.6 Å². The Hall–Kier alpha value is -2.53. The summed E-state index contributed by atoms with van der Waals surface area (Å²) in [5.74, 6) is -0.898. The summed E-state index contributed by atoms with van der Waals surface area (Å²) in [6, 6.07) is 14.4. The number of benzene rings is 2. The van der Waals surface area contributed by atoms with E-state index >= 15 is 0 Å². The van der Waals surface area contributed by atoms with Crippen LogP contribution in [0, 0.1) is 0 Å². The number of rotatable bonds is 6. The number of hydrogen-bond donors (Lipinski definition) is 2. The quantitative estimate of drug-likeness (QED) is 0.775. The third kappa shape index (κ3) is 6.12. The standard InChI is InChI=1S/C19H21ClN2O3/c1-13(2)25-17-9-4-3-8-16(17)22-19(24)18(23)21-11-10-14-6-5-7-15(20)12-14/h3-9,12-13H,10-11H2,1-2H3,(H,21,23)(H,22,24). The molecule has 6 heteroatoms. The summed E-state index contributed by atoms with van der Waals surface area (Å²) in [5, 5.41) is 5.81. The van der Waals surface area contributed by atoms with Crippen LogP contribution < -0.4 is 15.4 Å². The van der Waals surface area contributed by atoms with E-state index in [4.69, 9.17) is 16.3 Å². The molecule has 0 unspecified atom stereocenters. The molecular weight excluding hydrogens is 340 g/mol. The molecule has 2 rings (SSSR count). The van der Waals surface area contributed by atoms with Crippen molar-refractivity contribution in [1.29, 1.82) is 0 Å². The first-order chi connectivity index (χ1) is 12.0. The molecular formula is C19H21ClN2O3. The van der Waals surface area contributed by atoms with E-state index in [0.29, 0.717) is 29.4 Å². The van der Waals surface area contributed by atoms with Gasteiger partial charge in [-0.15, -0.1) is 0 Å². The number of amides is 2. The lowest BCUT2D eigenvalue weighted by Gasteiger charge is -2.14. The molecule has 5 nitrogen and oxygen atoms in total. The highest BCUT2D eigenvalue weighted by molar-refractivity contribution is 6.39. The Balaban J connectivity index is 1.87. The third-order valence-corrected chi connectivity index (χ3v) is 3.53. The highest BCUT2D eigenvalue weighted by Crippen LogP contribution is 2.24. The van der Waals surface area contributed by atoms with Gasteiger partial charge in [0.15, 0.2) is 0 Å². The van der Waals surface area contributed by atoms with Gasteiger partial charge in [0, 0.05) is 11.6 Å². The fourth-order valence-corrected chi connectivity index (χ4v) is 2.41. The summed E-state index contributed by atoms with van der Waals surface area (Å²) in [6.45, 7) is 4.12. The molecule has 0 fully saturated rings. The van der Waals surface area contributed by atoms with Crippen LogP contribution in [0.15, 0.2) is 48.5 Å². The van der Waals surface area contributed by atoms with Gasteiger partial charge in [0.25, 0.3) is 0 Å². The molecule has 0 aliphatic heterocycles. The Bertz CT molecular complexity index is 747. The monoisotopic (exact) mass is 360 g/mol. The van der Waals surface area contributed by atoms with Crippen LogP contribution in [0.3, 0.4) is 0 Å². The number of para-hydroxylation sites is 2. The van der Waals surface area contributed by atoms with Crippen LogP contribution in [-0.4, -0.2) is 24.5 Å². The summed E-state index contributed by atoms with van der Waals surface area (Å²) >= 11 is 5.91. The summed E-state index contributed by atoms with van der Waals surface area (Å²) in [5.41, 5.74) is 1.45. The lowest BCUT2D eigenvalue weighted by Crippen LogP contribution is -2.36. The summed E-state index contributed by atoms with van der Waals surface area (Å²) in [7, 11) is 0. The van der Waals surface area contributed by atoms with Gasteiger partial charge < -0.3 is 15.4 Å². The van der Waals surface area contributed by atoms with Gasteiger partial charge in [-0.25, -0.2) is 0 Å². The molecule has 0 heterocycles. The number of ether oxygens (including phenoxy) is 1. The largest absolute Gasteiger partial charge is 0.489 e. The second-order valence-corrected chi connectivity index (χ2v) is 6.19. The maximum absolute atomic E-state index is 12.0. The van der Waals surface area contributed by atoms with E-state index in [-0.39, 0.29) is 6.10 Å². The van der Waals surface area contributed by atoms with Gasteiger partial charge in [-0.2, -0.15) is 0 Å². The van der Waals surface area contributed by atoms with Crippen molar-refractivity contribution in [3.8, 4) is 5.75 Å². The first-order valence-electron chi connectivity index (χ1n) is 8.05. The third-order valence-electron chi connectivity index (χ3n) is 3.29. The van der Waals surface area contributed by atoms with Crippen molar-refractivity contribution in [2.45, 2.75) is 26.4 Å². The molecule has 0 atom stereocenters. The molecule has 0 saturated heterocycles. The molecule has 25 heavy (non-hydrogen) atoms. The van der Waals surface area contributed by atoms with Crippen molar-refractivity contribution in [2.24, 2.45) is 0 Å². The molecule has 2 amide bonds. The van der Waals surface area contributed by atoms with E-state index in [0.717, 1.165) is 5.56 Å². The van der Waals surface area contributed by atoms with Crippen LogP contribution in [0.2, 0.25) is 5.02 Å². The fourth-order valence-electron chi connectivity index (χ4n) is 2.20. The zero-order valence-electron chi connectivity index (χ0n) is 14.2. The highest BCUT2D eigenvalue weighted by atomic mass is 35.5. The number of halogens is 1. The maximum atomic E-state index is 12.0. The van der Waals surface area contributed by atoms with Gasteiger partial charge >= 0.3 is 11.8 Å². The van der Waals surface area contributed by atoms with Gasteiger partial charge in [0.2, 0.25) is 0 Å². The number of carbonyl (C=O) groups excluding carboxylic acids is 2. The molecule has 0 saturated carbocycles. The second kappa shape index (κ2) is 9.08. The molecule has 2 N–H and O–H groups in total. The van der Waals surface area contributed by atoms with Crippen LogP contribution in [0.4, 0.5) is 5.69 Å². The first kappa shape index (κ1) is 18.8. The van der Waals surface area contributed by atoms with E-state index in [1.165, 1.54) is 0 Å². The van der Waals surface area contributed by atoms with Crippen LogP contribution in [0.25, 0.3) is 0 Å². The van der Waals surface area contributed by atoms with E-state index in [1.807, 2.05) is 32.0 Å². The zero-order valence-corrected chi connectivity index (χ0v) is 15.0. The SMILES string of the molecule is CC(C)Oc1ccccc1NC(=O)C(=O)NCCc1cccc(Cl)c1. The van der Waals surface area contributed by atoms with Crippen LogP contribution in [0.5, 0.6) is 5.75 Å². The molecule has 0 aliphatic rings. The van der Waals surface area contributed by atoms with Gasteiger partial charge in [-0.1, -0.05) is 35.9 Å². The minimum Gasteiger partial charge on any atom is -0.489 e. The van der Waals surface area contributed by atoms with Crippen molar-refractivity contribution >= 4 is 29.1 Å². The summed E-state index contributed by atoms with van der Waals surface area (Å²) in [4.78, 5) is 24.0. The molecule has 0 radical (unpaired) electrons. The fraction of sp³-hybridized carbons (Fsp3) is 0.263. The molecule has 0 bridgehead atoms. The minimum atomic E-state index is -0.731. The average molecular weight is 361 g/mol. The number of carbonyl (C=O) groups is 2. The minimum absolute atomic E-state index is 0.0374. The topological polar surface area (TPSA) is 67.4 Å². The molecule has 2 aromatic carbocycles. The van der Waals surface area contributed by atoms with Crippen LogP contribution in [-0.2, 0) is 16.0 Å². The first-order valence-corrected chi connectivity index (χ1v) is 8.43. The van der Waals surface area contributed by atoms with E-state index in [1.54, 1.807) is 30.3 Å². The smallest absolute Gasteiger partial charge is 0.313 e. The Labute approximate surface area is 152 Å². The second-order valence-electron chi connectivity index (χ2n) is 5.75. The molecule has 0 aliphatic carbocycles. The van der Waals surface area contributed by atoms with Gasteiger partial charge in [-0.05, 0) is 50.1 Å². The maximum Gasteiger partial charge on any atom is 0.313 e. The van der Waals surface area contributed by atoms with E-state index < -0.39 is 11.8 Å². The Morgan fingerprint density at radius 1 is 1.08 bits per heavy atom. The van der Waals surface area contributed by atoms with Crippen molar-refractivity contribution < 1.29 is 14.3 Å². The van der Waals surface area contributed by atoms with Crippen molar-refractivity contribution in [1.82, 2.24) is 5.32 Å². The molecule has 0 aromatic heterocycles. The summed E-state index contributed by atoms with van der Waals surface area (Å²) < 4.78 is 5.62. The lowest BCUT2D eigenvalue weighted by molar-refractivity contribution is -0.136. The van der Waals surface area contributed by atoms with Gasteiger partial charge in [0.05, 0.1) is 11.8 Å². The molecule has 0 spiro atoms. The van der Waals surface area contributed by atoms with Crippen molar-refractivity contribution in [3.63, 3.8) is 0 Å². The number of hydrogen-bond acceptors (Lipinski definition) is 3. The van der Waals surface area contributed by atoms with Crippen molar-refractivity contribution in [3.05, 3.63) is 59.1 Å². The lowest BCUT2D eigenvalue weighted by atomic mass is 10.1. The Kier molecular flexibility index (Phi) is 6.83. The number of nitrogens with one attached hydrogen (secondary N) is 2. The van der Waals surface area contributed by atoms with Crippen molar-refractivity contribution in [2.75, 3.05) is 11.9 Å². The Morgan fingerprint density at radius 3 is 2.56 bits per heavy atom. The zero-order chi connectivity index (χ0) is 18.2. The van der Waals surface area contributed by atoms with E-state index in [9.17, 15) is 9.59 Å². The predicted molar refractivity (Wildman–Crippen MR) is 99.0 cm³/mol. The predicted octanol–water partition coefficient (Wildman–Crippen LogP) is 3.42. The average Bonchev–Trinajstić information content (AvgIpc) is 2.56.